The molecule has 0 aromatic heterocycles. The van der Waals surface area contributed by atoms with Gasteiger partial charge in [-0.15, -0.1) is 0 Å². The van der Waals surface area contributed by atoms with Gasteiger partial charge in [0.15, 0.2) is 5.75 Å². The summed E-state index contributed by atoms with van der Waals surface area (Å²) >= 11 is 0. The van der Waals surface area contributed by atoms with E-state index in [0.717, 1.165) is 6.07 Å². The number of carboxylic acids is 1. The number of aliphatic carboxylic acids is 1. The van der Waals surface area contributed by atoms with Gasteiger partial charge in [-0.2, -0.15) is 0 Å². The molecular weight excluding hydrogens is 268 g/mol. The second-order valence-electron chi connectivity index (χ2n) is 3.77. The number of hydrogen-bond acceptors (Lipinski definition) is 5. The topological polar surface area (TPSA) is 119 Å². The number of ether oxygens (including phenoxy) is 1. The summed E-state index contributed by atoms with van der Waals surface area (Å²) in [6.45, 7) is 1.91. The minimum absolute atomic E-state index is 0.0465. The highest BCUT2D eigenvalue weighted by Crippen LogP contribution is 2.27. The first-order valence-corrected chi connectivity index (χ1v) is 5.87. The standard InChI is InChI=1S/C12H14N2O6/c1-2-20-10-4-3-8(7-9(10)14(18)19)12(17)13-6-5-11(15)16/h3-4,7H,2,5-6H2,1H3,(H,13,17)(H,15,16). The van der Waals surface area contributed by atoms with Crippen LogP contribution in [0.2, 0.25) is 0 Å². The SMILES string of the molecule is CCOc1ccc(C(=O)NCCC(=O)O)cc1[N+](=O)[O-]. The van der Waals surface area contributed by atoms with Crippen LogP contribution >= 0.6 is 0 Å². The summed E-state index contributed by atoms with van der Waals surface area (Å²) in [5.74, 6) is -1.53. The zero-order chi connectivity index (χ0) is 15.1. The first-order valence-electron chi connectivity index (χ1n) is 5.87. The first-order chi connectivity index (χ1) is 9.45. The summed E-state index contributed by atoms with van der Waals surface area (Å²) < 4.78 is 5.09. The van der Waals surface area contributed by atoms with Gasteiger partial charge in [-0.25, -0.2) is 0 Å². The van der Waals surface area contributed by atoms with Crippen LogP contribution in [0.5, 0.6) is 5.75 Å². The van der Waals surface area contributed by atoms with Crippen LogP contribution in [0.1, 0.15) is 23.7 Å². The van der Waals surface area contributed by atoms with Crippen molar-refractivity contribution >= 4 is 17.6 Å². The molecule has 8 nitrogen and oxygen atoms in total. The van der Waals surface area contributed by atoms with E-state index in [9.17, 15) is 19.7 Å². The highest BCUT2D eigenvalue weighted by Gasteiger charge is 2.18. The van der Waals surface area contributed by atoms with Crippen LogP contribution in [0.25, 0.3) is 0 Å². The van der Waals surface area contributed by atoms with Crippen molar-refractivity contribution in [1.82, 2.24) is 5.32 Å². The summed E-state index contributed by atoms with van der Waals surface area (Å²) in [7, 11) is 0. The predicted molar refractivity (Wildman–Crippen MR) is 68.9 cm³/mol. The Hall–Kier alpha value is -2.64. The van der Waals surface area contributed by atoms with Gasteiger partial charge in [0.2, 0.25) is 0 Å². The fourth-order valence-electron chi connectivity index (χ4n) is 1.46. The molecule has 0 atom stereocenters. The number of rotatable bonds is 7. The van der Waals surface area contributed by atoms with E-state index in [4.69, 9.17) is 9.84 Å². The largest absolute Gasteiger partial charge is 0.487 e. The number of nitro groups is 1. The molecule has 8 heteroatoms. The van der Waals surface area contributed by atoms with Crippen molar-refractivity contribution < 1.29 is 24.4 Å². The Morgan fingerprint density at radius 1 is 1.45 bits per heavy atom. The third-order valence-corrected chi connectivity index (χ3v) is 2.34. The van der Waals surface area contributed by atoms with Crippen LogP contribution in [0.15, 0.2) is 18.2 Å². The van der Waals surface area contributed by atoms with Crippen molar-refractivity contribution in [1.29, 1.82) is 0 Å². The summed E-state index contributed by atoms with van der Waals surface area (Å²) in [5, 5.41) is 21.7. The van der Waals surface area contributed by atoms with Crippen molar-refractivity contribution in [2.75, 3.05) is 13.2 Å². The fraction of sp³-hybridized carbons (Fsp3) is 0.333. The molecule has 0 aliphatic rings. The number of nitro benzene ring substituents is 1. The van der Waals surface area contributed by atoms with Crippen LogP contribution in [0.4, 0.5) is 5.69 Å². The van der Waals surface area contributed by atoms with Crippen LogP contribution < -0.4 is 10.1 Å². The van der Waals surface area contributed by atoms with E-state index in [2.05, 4.69) is 5.32 Å². The Morgan fingerprint density at radius 3 is 2.70 bits per heavy atom. The zero-order valence-electron chi connectivity index (χ0n) is 10.8. The average Bonchev–Trinajstić information content (AvgIpc) is 2.38. The number of amides is 1. The molecule has 0 saturated heterocycles. The summed E-state index contributed by atoms with van der Waals surface area (Å²) in [5.41, 5.74) is -0.233. The van der Waals surface area contributed by atoms with Crippen molar-refractivity contribution in [3.8, 4) is 5.75 Å². The van der Waals surface area contributed by atoms with E-state index in [1.165, 1.54) is 12.1 Å². The van der Waals surface area contributed by atoms with Gasteiger partial charge >= 0.3 is 11.7 Å². The first kappa shape index (κ1) is 15.4. The van der Waals surface area contributed by atoms with Gasteiger partial charge in [0.25, 0.3) is 5.91 Å². The van der Waals surface area contributed by atoms with Crippen LogP contribution in [-0.2, 0) is 4.79 Å². The predicted octanol–water partition coefficient (Wildman–Crippen LogP) is 1.20. The number of carbonyl (C=O) groups excluding carboxylic acids is 1. The van der Waals surface area contributed by atoms with E-state index in [1.807, 2.05) is 0 Å². The monoisotopic (exact) mass is 282 g/mol. The lowest BCUT2D eigenvalue weighted by Crippen LogP contribution is -2.26. The summed E-state index contributed by atoms with van der Waals surface area (Å²) in [6.07, 6.45) is -0.217. The molecule has 0 aliphatic heterocycles. The molecule has 1 aromatic rings. The zero-order valence-corrected chi connectivity index (χ0v) is 10.8. The van der Waals surface area contributed by atoms with Crippen molar-refractivity contribution in [2.24, 2.45) is 0 Å². The molecule has 108 valence electrons. The fourth-order valence-corrected chi connectivity index (χ4v) is 1.46. The number of carboxylic acid groups (broad SMARTS) is 1. The molecule has 0 bridgehead atoms. The molecule has 1 aromatic carbocycles. The third kappa shape index (κ3) is 4.23. The molecule has 0 spiro atoms. The Bertz CT molecular complexity index is 529. The maximum Gasteiger partial charge on any atom is 0.311 e. The van der Waals surface area contributed by atoms with E-state index < -0.39 is 16.8 Å². The van der Waals surface area contributed by atoms with Crippen molar-refractivity contribution in [3.05, 3.63) is 33.9 Å². The third-order valence-electron chi connectivity index (χ3n) is 2.34. The van der Waals surface area contributed by atoms with Gasteiger partial charge in [-0.3, -0.25) is 19.7 Å². The molecule has 0 heterocycles. The molecule has 1 rings (SSSR count). The molecule has 0 saturated carbocycles. The molecule has 1 amide bonds. The van der Waals surface area contributed by atoms with Crippen molar-refractivity contribution in [3.63, 3.8) is 0 Å². The second kappa shape index (κ2) is 7.07. The molecule has 2 N–H and O–H groups in total. The molecule has 0 radical (unpaired) electrons. The number of hydrogen-bond donors (Lipinski definition) is 2. The van der Waals surface area contributed by atoms with Crippen LogP contribution in [0.3, 0.4) is 0 Å². The number of benzene rings is 1. The summed E-state index contributed by atoms with van der Waals surface area (Å²) in [6, 6.07) is 3.82. The van der Waals surface area contributed by atoms with E-state index in [-0.39, 0.29) is 36.6 Å². The summed E-state index contributed by atoms with van der Waals surface area (Å²) in [4.78, 5) is 32.3. The minimum atomic E-state index is -1.04. The Labute approximate surface area is 114 Å². The quantitative estimate of drug-likeness (QED) is 0.573. The molecule has 0 unspecified atom stereocenters. The second-order valence-corrected chi connectivity index (χ2v) is 3.77. The normalized spacial score (nSPS) is 9.85. The van der Waals surface area contributed by atoms with Crippen LogP contribution in [-0.4, -0.2) is 35.1 Å². The number of nitrogens with one attached hydrogen (secondary N) is 1. The Kier molecular flexibility index (Phi) is 5.45. The smallest absolute Gasteiger partial charge is 0.311 e. The van der Waals surface area contributed by atoms with Gasteiger partial charge in [-0.05, 0) is 19.1 Å². The maximum absolute atomic E-state index is 11.7. The van der Waals surface area contributed by atoms with Crippen LogP contribution in [0, 0.1) is 10.1 Å². The minimum Gasteiger partial charge on any atom is -0.487 e. The average molecular weight is 282 g/mol. The van der Waals surface area contributed by atoms with Gasteiger partial charge in [0.1, 0.15) is 0 Å². The lowest BCUT2D eigenvalue weighted by molar-refractivity contribution is -0.385. The van der Waals surface area contributed by atoms with Gasteiger partial charge in [0, 0.05) is 18.2 Å². The highest BCUT2D eigenvalue weighted by atomic mass is 16.6. The Balaban J connectivity index is 2.85. The van der Waals surface area contributed by atoms with Gasteiger partial charge in [0.05, 0.1) is 18.0 Å². The van der Waals surface area contributed by atoms with E-state index >= 15 is 0 Å². The maximum atomic E-state index is 11.7. The van der Waals surface area contributed by atoms with Gasteiger partial charge in [-0.1, -0.05) is 0 Å². The molecular formula is C12H14N2O6. The lowest BCUT2D eigenvalue weighted by atomic mass is 10.1. The van der Waals surface area contributed by atoms with E-state index in [1.54, 1.807) is 6.92 Å². The van der Waals surface area contributed by atoms with E-state index in [0.29, 0.717) is 0 Å². The highest BCUT2D eigenvalue weighted by molar-refractivity contribution is 5.95. The lowest BCUT2D eigenvalue weighted by Gasteiger charge is -2.07. The number of nitrogens with zero attached hydrogens (tertiary/aromatic N) is 1. The molecule has 20 heavy (non-hydrogen) atoms. The van der Waals surface area contributed by atoms with Gasteiger partial charge < -0.3 is 15.2 Å². The molecule has 0 fully saturated rings. The number of carbonyl (C=O) groups is 2. The van der Waals surface area contributed by atoms with Crippen molar-refractivity contribution in [2.45, 2.75) is 13.3 Å². The molecule has 0 aliphatic carbocycles. The Morgan fingerprint density at radius 2 is 2.15 bits per heavy atom.